The highest BCUT2D eigenvalue weighted by Crippen LogP contribution is 2.29. The van der Waals surface area contributed by atoms with Crippen LogP contribution in [0, 0.1) is 17.8 Å². The number of hydrogen-bond donors (Lipinski definition) is 3. The van der Waals surface area contributed by atoms with Crippen molar-refractivity contribution < 1.29 is 41.6 Å². The molecule has 7 unspecified atom stereocenters. The van der Waals surface area contributed by atoms with Gasteiger partial charge in [-0.05, 0) is 30.3 Å². The Balaban J connectivity index is 3.21. The first-order valence-corrected chi connectivity index (χ1v) is 18.6. The van der Waals surface area contributed by atoms with Crippen LogP contribution in [0.4, 0.5) is 0 Å². The summed E-state index contributed by atoms with van der Waals surface area (Å²) in [5.41, 5.74) is 0.605. The van der Waals surface area contributed by atoms with Crippen LogP contribution in [0.1, 0.15) is 73.1 Å². The van der Waals surface area contributed by atoms with Crippen molar-refractivity contribution in [3.63, 3.8) is 0 Å². The Morgan fingerprint density at radius 2 is 1.69 bits per heavy atom. The molecule has 1 rings (SSSR count). The molecule has 3 N–H and O–H groups in total. The molecule has 0 aromatic rings. The molecule has 49 heavy (non-hydrogen) atoms. The molecule has 0 radical (unpaired) electrons. The molecule has 1 aliphatic heterocycles. The van der Waals surface area contributed by atoms with Crippen LogP contribution in [0.3, 0.4) is 0 Å². The molecular formula is C35H60N4O9S. The molecule has 7 atom stereocenters. The van der Waals surface area contributed by atoms with Gasteiger partial charge in [0.2, 0.25) is 23.6 Å². The van der Waals surface area contributed by atoms with Crippen molar-refractivity contribution in [2.24, 2.45) is 17.8 Å². The fourth-order valence-electron chi connectivity index (χ4n) is 6.36. The summed E-state index contributed by atoms with van der Waals surface area (Å²) in [6, 6.07) is -1.84. The van der Waals surface area contributed by atoms with Gasteiger partial charge in [-0.2, -0.15) is 8.42 Å². The van der Waals surface area contributed by atoms with Crippen molar-refractivity contribution in [2.45, 2.75) is 103 Å². The molecule has 1 saturated heterocycles. The van der Waals surface area contributed by atoms with E-state index in [9.17, 15) is 27.6 Å². The van der Waals surface area contributed by atoms with Crippen LogP contribution < -0.4 is 10.6 Å². The Hall–Kier alpha value is -3.07. The summed E-state index contributed by atoms with van der Waals surface area (Å²) in [5.74, 6) is -2.53. The number of carbonyl (C=O) groups excluding carboxylic acids is 4. The van der Waals surface area contributed by atoms with Gasteiger partial charge in [-0.1, -0.05) is 72.4 Å². The van der Waals surface area contributed by atoms with E-state index in [1.165, 1.54) is 19.3 Å². The van der Waals surface area contributed by atoms with Gasteiger partial charge in [0.05, 0.1) is 42.4 Å². The number of amides is 4. The number of likely N-dealkylation sites (N-methyl/N-ethyl adjacent to an activating group) is 1. The van der Waals surface area contributed by atoms with E-state index in [2.05, 4.69) is 23.8 Å². The minimum absolute atomic E-state index is 0.00116. The number of ether oxygens (including phenoxy) is 2. The van der Waals surface area contributed by atoms with E-state index >= 15 is 0 Å². The van der Waals surface area contributed by atoms with E-state index < -0.39 is 57.9 Å². The number of hydrogen-bond acceptors (Lipinski definition) is 8. The van der Waals surface area contributed by atoms with Gasteiger partial charge in [0.1, 0.15) is 6.04 Å². The van der Waals surface area contributed by atoms with Crippen molar-refractivity contribution in [1.82, 2.24) is 20.4 Å². The minimum Gasteiger partial charge on any atom is -0.379 e. The molecular weight excluding hydrogens is 652 g/mol. The number of nitrogens with one attached hydrogen (secondary N) is 2. The molecule has 4 amide bonds. The van der Waals surface area contributed by atoms with Crippen LogP contribution in [0.15, 0.2) is 37.0 Å². The van der Waals surface area contributed by atoms with E-state index in [0.717, 1.165) is 6.42 Å². The minimum atomic E-state index is -4.30. The van der Waals surface area contributed by atoms with Crippen LogP contribution in [0.5, 0.6) is 0 Å². The van der Waals surface area contributed by atoms with Gasteiger partial charge in [0.25, 0.3) is 10.1 Å². The molecule has 0 saturated carbocycles. The number of rotatable bonds is 22. The van der Waals surface area contributed by atoms with Crippen molar-refractivity contribution in [3.8, 4) is 0 Å². The van der Waals surface area contributed by atoms with E-state index in [0.29, 0.717) is 31.4 Å². The molecule has 14 heteroatoms. The largest absolute Gasteiger partial charge is 0.379 e. The summed E-state index contributed by atoms with van der Waals surface area (Å²) < 4.78 is 43.1. The van der Waals surface area contributed by atoms with Crippen LogP contribution in [-0.2, 0) is 38.8 Å². The third-order valence-corrected chi connectivity index (χ3v) is 9.93. The molecule has 0 bridgehead atoms. The van der Waals surface area contributed by atoms with E-state index in [4.69, 9.17) is 14.0 Å². The molecule has 0 aromatic carbocycles. The Bertz CT molecular complexity index is 1270. The summed E-state index contributed by atoms with van der Waals surface area (Å²) in [6.07, 6.45) is 6.00. The zero-order chi connectivity index (χ0) is 37.5. The van der Waals surface area contributed by atoms with E-state index in [1.54, 1.807) is 37.0 Å². The molecule has 1 heterocycles. The summed E-state index contributed by atoms with van der Waals surface area (Å²) in [4.78, 5) is 57.2. The second-order valence-corrected chi connectivity index (χ2v) is 14.8. The van der Waals surface area contributed by atoms with Gasteiger partial charge in [0, 0.05) is 47.2 Å². The maximum atomic E-state index is 13.9. The average Bonchev–Trinajstić information content (AvgIpc) is 3.52. The van der Waals surface area contributed by atoms with Crippen LogP contribution >= 0.6 is 0 Å². The highest BCUT2D eigenvalue weighted by Gasteiger charge is 2.42. The van der Waals surface area contributed by atoms with Gasteiger partial charge < -0.3 is 29.9 Å². The predicted octanol–water partition coefficient (Wildman–Crippen LogP) is 3.13. The smallest absolute Gasteiger partial charge is 0.266 e. The number of likely N-dealkylation sites (tertiary alicyclic amines) is 1. The summed E-state index contributed by atoms with van der Waals surface area (Å²) in [5, 5.41) is 5.20. The molecule has 0 spiro atoms. The predicted molar refractivity (Wildman–Crippen MR) is 190 cm³/mol. The summed E-state index contributed by atoms with van der Waals surface area (Å²) in [6.45, 7) is 17.3. The quantitative estimate of drug-likeness (QED) is 0.113. The van der Waals surface area contributed by atoms with Crippen LogP contribution in [0.25, 0.3) is 0 Å². The van der Waals surface area contributed by atoms with Gasteiger partial charge in [-0.3, -0.25) is 23.7 Å². The van der Waals surface area contributed by atoms with Gasteiger partial charge in [0.15, 0.2) is 0 Å². The van der Waals surface area contributed by atoms with Gasteiger partial charge in [-0.15, -0.1) is 0 Å². The molecule has 280 valence electrons. The average molecular weight is 713 g/mol. The normalized spacial score (nSPS) is 18.9. The molecule has 0 aliphatic carbocycles. The van der Waals surface area contributed by atoms with Crippen molar-refractivity contribution in [2.75, 3.05) is 40.1 Å². The SMILES string of the molecule is C=C/C=C(\C=C)CC(NC(=O)C(C)C(OC)C1CCCN1C(=O)CC(OC)C(C(C)CC)N(C)C(=O)CC(C)C)C(=O)NCCS(=O)(=O)O. The van der Waals surface area contributed by atoms with E-state index in [-0.39, 0.29) is 49.1 Å². The first-order valence-electron chi connectivity index (χ1n) is 17.0. The fraction of sp³-hybridized carbons (Fsp3) is 0.714. The van der Waals surface area contributed by atoms with Crippen LogP contribution in [0.2, 0.25) is 0 Å². The Morgan fingerprint density at radius 3 is 2.20 bits per heavy atom. The molecule has 1 fully saturated rings. The first kappa shape index (κ1) is 44.0. The lowest BCUT2D eigenvalue weighted by atomic mass is 9.90. The Labute approximate surface area is 293 Å². The summed E-state index contributed by atoms with van der Waals surface area (Å²) in [7, 11) is 0.493. The third kappa shape index (κ3) is 14.0. The highest BCUT2D eigenvalue weighted by atomic mass is 32.2. The zero-order valence-corrected chi connectivity index (χ0v) is 31.5. The maximum absolute atomic E-state index is 13.9. The van der Waals surface area contributed by atoms with Crippen LogP contribution in [-0.4, -0.2) is 117 Å². The number of methoxy groups -OCH3 is 2. The lowest BCUT2D eigenvalue weighted by molar-refractivity contribution is -0.146. The number of allylic oxidation sites excluding steroid dienone is 3. The first-order chi connectivity index (χ1) is 23.0. The second-order valence-electron chi connectivity index (χ2n) is 13.3. The molecule has 1 aliphatic rings. The molecule has 0 aromatic heterocycles. The van der Waals surface area contributed by atoms with Crippen molar-refractivity contribution >= 4 is 33.7 Å². The van der Waals surface area contributed by atoms with E-state index in [1.807, 2.05) is 27.7 Å². The fourth-order valence-corrected chi connectivity index (χ4v) is 6.72. The second kappa shape index (κ2) is 21.2. The Kier molecular flexibility index (Phi) is 19.0. The summed E-state index contributed by atoms with van der Waals surface area (Å²) >= 11 is 0. The van der Waals surface area contributed by atoms with Gasteiger partial charge in [-0.25, -0.2) is 0 Å². The maximum Gasteiger partial charge on any atom is 0.266 e. The topological polar surface area (TPSA) is 172 Å². The highest BCUT2D eigenvalue weighted by molar-refractivity contribution is 7.85. The monoisotopic (exact) mass is 712 g/mol. The zero-order valence-electron chi connectivity index (χ0n) is 30.6. The molecule has 13 nitrogen and oxygen atoms in total. The lowest BCUT2D eigenvalue weighted by Crippen LogP contribution is -2.54. The third-order valence-electron chi connectivity index (χ3n) is 9.21. The number of nitrogens with zero attached hydrogens (tertiary/aromatic N) is 2. The lowest BCUT2D eigenvalue weighted by Gasteiger charge is -2.39. The Morgan fingerprint density at radius 1 is 1.04 bits per heavy atom. The van der Waals surface area contributed by atoms with Gasteiger partial charge >= 0.3 is 0 Å². The number of carbonyl (C=O) groups is 4. The standard InChI is InChI=1S/C35H60N4O9S/c1-11-15-26(13-3)21-27(35(43)36-17-19-49(44,45)46)37-34(42)25(7)33(48-10)28-16-14-18-39(28)31(41)22-29(47-9)32(24(6)12-2)38(8)30(40)20-23(4)5/h11,13,15,23-25,27-29,32-33H,1,3,12,14,16-22H2,2,4-10H3,(H,36,43)(H,37,42)(H,44,45,46)/b26-15+. The van der Waals surface area contributed by atoms with Crippen molar-refractivity contribution in [3.05, 3.63) is 37.0 Å². The van der Waals surface area contributed by atoms with Crippen molar-refractivity contribution in [1.29, 1.82) is 0 Å².